The lowest BCUT2D eigenvalue weighted by Gasteiger charge is -2.24. The van der Waals surface area contributed by atoms with E-state index in [1.165, 1.54) is 4.90 Å². The highest BCUT2D eigenvalue weighted by Crippen LogP contribution is 2.39. The van der Waals surface area contributed by atoms with Crippen LogP contribution < -0.4 is 10.1 Å². The van der Waals surface area contributed by atoms with Crippen molar-refractivity contribution in [3.63, 3.8) is 0 Å². The maximum Gasteiger partial charge on any atom is 0.425 e. The maximum absolute atomic E-state index is 13.4. The van der Waals surface area contributed by atoms with Crippen LogP contribution in [0.2, 0.25) is 5.02 Å². The van der Waals surface area contributed by atoms with E-state index in [1.54, 1.807) is 0 Å². The third-order valence-electron chi connectivity index (χ3n) is 6.39. The van der Waals surface area contributed by atoms with Crippen LogP contribution >= 0.6 is 11.6 Å². The summed E-state index contributed by atoms with van der Waals surface area (Å²) >= 11 is 6.12. The Morgan fingerprint density at radius 1 is 1.31 bits per heavy atom. The van der Waals surface area contributed by atoms with E-state index in [4.69, 9.17) is 26.3 Å². The average Bonchev–Trinajstić information content (AvgIpc) is 3.71. The maximum atomic E-state index is 13.4. The number of nitrogens with zero attached hydrogens (tertiary/aromatic N) is 2. The number of sulfone groups is 1. The van der Waals surface area contributed by atoms with Gasteiger partial charge in [-0.05, 0) is 44.7 Å². The van der Waals surface area contributed by atoms with Crippen molar-refractivity contribution in [2.45, 2.75) is 73.2 Å². The van der Waals surface area contributed by atoms with Crippen molar-refractivity contribution in [2.24, 2.45) is 5.92 Å². The van der Waals surface area contributed by atoms with Gasteiger partial charge in [0.2, 0.25) is 5.91 Å². The van der Waals surface area contributed by atoms with Gasteiger partial charge in [-0.1, -0.05) is 11.6 Å². The van der Waals surface area contributed by atoms with Gasteiger partial charge in [0.05, 0.1) is 21.2 Å². The normalized spacial score (nSPS) is 23.9. The Kier molecular flexibility index (Phi) is 6.81. The first-order valence-electron chi connectivity index (χ1n) is 11.2. The third-order valence-corrected chi connectivity index (χ3v) is 9.01. The Morgan fingerprint density at radius 2 is 1.97 bits per heavy atom. The Balaban J connectivity index is 1.51. The van der Waals surface area contributed by atoms with Crippen LogP contribution in [-0.2, 0) is 19.4 Å². The molecule has 0 radical (unpaired) electrons. The number of carbonyl (C=O) groups is 2. The number of alkyl halides is 3. The summed E-state index contributed by atoms with van der Waals surface area (Å²) < 4.78 is 75.2. The lowest BCUT2D eigenvalue weighted by atomic mass is 10.3. The fourth-order valence-corrected chi connectivity index (χ4v) is 6.09. The van der Waals surface area contributed by atoms with E-state index >= 15 is 0 Å². The number of benzene rings is 1. The summed E-state index contributed by atoms with van der Waals surface area (Å²) in [7, 11) is -4.18. The van der Waals surface area contributed by atoms with E-state index in [0.29, 0.717) is 25.7 Å². The van der Waals surface area contributed by atoms with Crippen molar-refractivity contribution >= 4 is 33.4 Å². The van der Waals surface area contributed by atoms with E-state index in [2.05, 4.69) is 5.32 Å². The number of likely N-dealkylation sites (tertiary alicyclic amines) is 1. The number of hydrogen-bond acceptors (Lipinski definition) is 7. The number of rotatable bonds is 7. The highest BCUT2D eigenvalue weighted by molar-refractivity contribution is 7.92. The predicted molar refractivity (Wildman–Crippen MR) is 119 cm³/mol. The van der Waals surface area contributed by atoms with Crippen molar-refractivity contribution in [1.29, 1.82) is 5.26 Å². The molecule has 1 aromatic rings. The molecule has 1 heterocycles. The molecule has 196 valence electrons. The van der Waals surface area contributed by atoms with Gasteiger partial charge in [-0.25, -0.2) is 13.2 Å². The van der Waals surface area contributed by atoms with Crippen LogP contribution in [0, 0.1) is 17.2 Å². The molecule has 2 amide bonds. The van der Waals surface area contributed by atoms with Gasteiger partial charge in [-0.2, -0.15) is 18.4 Å². The second-order valence-corrected chi connectivity index (χ2v) is 11.8. The second-order valence-electron chi connectivity index (χ2n) is 9.24. The van der Waals surface area contributed by atoms with Gasteiger partial charge in [0.1, 0.15) is 11.3 Å². The summed E-state index contributed by atoms with van der Waals surface area (Å²) in [6.45, 7) is 0.555. The first kappa shape index (κ1) is 26.3. The molecule has 0 bridgehead atoms. The number of halogens is 4. The quantitative estimate of drug-likeness (QED) is 0.551. The van der Waals surface area contributed by atoms with Gasteiger partial charge in [0, 0.05) is 24.9 Å². The highest BCUT2D eigenvalue weighted by atomic mass is 35.5. The molecule has 3 aliphatic rings. The predicted octanol–water partition coefficient (Wildman–Crippen LogP) is 3.56. The lowest BCUT2D eigenvalue weighted by molar-refractivity contribution is -0.189. The van der Waals surface area contributed by atoms with Gasteiger partial charge in [-0.3, -0.25) is 4.79 Å². The fraction of sp³-hybridized carbons (Fsp3) is 0.591. The number of amides is 2. The molecule has 2 saturated carbocycles. The SMILES string of the molecule is C[C@H](Oc1ccc(S(=O)(=O)[C@@H]2C[C@H](OC(=O)NC3(C#N)CC3)N(C(=O)C3CC3)C2)c(Cl)c1)C(F)(F)F. The van der Waals surface area contributed by atoms with E-state index in [-0.39, 0.29) is 40.5 Å². The van der Waals surface area contributed by atoms with E-state index in [0.717, 1.165) is 25.1 Å². The molecule has 4 rings (SSSR count). The van der Waals surface area contributed by atoms with Gasteiger partial charge in [-0.15, -0.1) is 0 Å². The van der Waals surface area contributed by atoms with Crippen LogP contribution in [0.1, 0.15) is 39.0 Å². The molecule has 0 aromatic heterocycles. The molecule has 36 heavy (non-hydrogen) atoms. The molecule has 0 spiro atoms. The van der Waals surface area contributed by atoms with Gasteiger partial charge < -0.3 is 19.7 Å². The smallest absolute Gasteiger partial charge is 0.425 e. The van der Waals surface area contributed by atoms with Gasteiger partial charge in [0.25, 0.3) is 0 Å². The Morgan fingerprint density at radius 3 is 2.50 bits per heavy atom. The second kappa shape index (κ2) is 9.30. The minimum absolute atomic E-state index is 0.229. The van der Waals surface area contributed by atoms with Crippen LogP contribution in [0.3, 0.4) is 0 Å². The van der Waals surface area contributed by atoms with E-state index < -0.39 is 45.2 Å². The third kappa shape index (κ3) is 5.49. The molecule has 9 nitrogen and oxygen atoms in total. The van der Waals surface area contributed by atoms with Crippen LogP contribution in [0.5, 0.6) is 5.75 Å². The molecule has 1 N–H and O–H groups in total. The molecule has 0 unspecified atom stereocenters. The topological polar surface area (TPSA) is 126 Å². The van der Waals surface area contributed by atoms with E-state index in [9.17, 15) is 31.2 Å². The van der Waals surface area contributed by atoms with Gasteiger partial charge >= 0.3 is 12.3 Å². The molecule has 1 saturated heterocycles. The molecule has 2 aliphatic carbocycles. The van der Waals surface area contributed by atoms with Crippen molar-refractivity contribution in [3.05, 3.63) is 23.2 Å². The van der Waals surface area contributed by atoms with Crippen molar-refractivity contribution in [2.75, 3.05) is 6.54 Å². The molecule has 1 aromatic carbocycles. The number of carbonyl (C=O) groups excluding carboxylic acids is 2. The fourth-order valence-electron chi connectivity index (χ4n) is 3.87. The Labute approximate surface area is 210 Å². The summed E-state index contributed by atoms with van der Waals surface area (Å²) in [5.41, 5.74) is -1.01. The monoisotopic (exact) mass is 549 g/mol. The molecular formula is C22H23ClF3N3O6S. The van der Waals surface area contributed by atoms with Gasteiger partial charge in [0.15, 0.2) is 22.2 Å². The summed E-state index contributed by atoms with van der Waals surface area (Å²) in [6.07, 6.45) is -6.85. The molecular weight excluding hydrogens is 527 g/mol. The summed E-state index contributed by atoms with van der Waals surface area (Å²) in [4.78, 5) is 26.0. The Bertz CT molecular complexity index is 1210. The summed E-state index contributed by atoms with van der Waals surface area (Å²) in [5, 5.41) is 10.1. The zero-order valence-corrected chi connectivity index (χ0v) is 20.6. The molecule has 1 aliphatic heterocycles. The summed E-state index contributed by atoms with van der Waals surface area (Å²) in [6, 6.07) is 5.08. The number of alkyl carbamates (subject to hydrolysis) is 1. The first-order valence-corrected chi connectivity index (χ1v) is 13.2. The zero-order valence-electron chi connectivity index (χ0n) is 19.0. The first-order chi connectivity index (χ1) is 16.8. The van der Waals surface area contributed by atoms with Crippen LogP contribution in [-0.4, -0.2) is 61.2 Å². The van der Waals surface area contributed by atoms with E-state index in [1.807, 2.05) is 6.07 Å². The van der Waals surface area contributed by atoms with Crippen molar-refractivity contribution in [3.8, 4) is 11.8 Å². The van der Waals surface area contributed by atoms with Crippen molar-refractivity contribution < 1.29 is 40.7 Å². The zero-order chi connectivity index (χ0) is 26.5. The lowest BCUT2D eigenvalue weighted by Crippen LogP contribution is -2.44. The largest absolute Gasteiger partial charge is 0.481 e. The number of ether oxygens (including phenoxy) is 2. The summed E-state index contributed by atoms with van der Waals surface area (Å²) in [5.74, 6) is -0.863. The Hall–Kier alpha value is -2.72. The number of nitrogens with one attached hydrogen (secondary N) is 1. The minimum atomic E-state index is -4.62. The number of hydrogen-bond donors (Lipinski definition) is 1. The van der Waals surface area contributed by atoms with Crippen LogP contribution in [0.4, 0.5) is 18.0 Å². The molecule has 14 heteroatoms. The van der Waals surface area contributed by atoms with Crippen molar-refractivity contribution in [1.82, 2.24) is 10.2 Å². The van der Waals surface area contributed by atoms with Crippen LogP contribution in [0.15, 0.2) is 23.1 Å². The molecule has 3 fully saturated rings. The standard InChI is InChI=1S/C22H23ClF3N3O6S/c1-12(22(24,25)26)34-14-4-5-17(16(23)8-14)36(32,33)15-9-18(29(10-15)19(30)13-2-3-13)35-20(31)28-21(11-27)6-7-21/h4-5,8,12-13,15,18H,2-3,6-7,9-10H2,1H3,(H,28,31)/t12-,15+,18-/m0/s1. The average molecular weight is 550 g/mol. The number of nitriles is 1. The van der Waals surface area contributed by atoms with Crippen LogP contribution in [0.25, 0.3) is 0 Å². The highest BCUT2D eigenvalue weighted by Gasteiger charge is 2.49. The minimum Gasteiger partial charge on any atom is -0.481 e. The molecule has 3 atom stereocenters.